The molecule has 0 saturated carbocycles. The molecule has 0 fully saturated rings. The van der Waals surface area contributed by atoms with Crippen LogP contribution >= 0.6 is 0 Å². The molecule has 1 rings (SSSR count). The average Bonchev–Trinajstić information content (AvgIpc) is 2.62. The molecule has 0 aromatic heterocycles. The predicted octanol–water partition coefficient (Wildman–Crippen LogP) is 3.83. The minimum atomic E-state index is -2.83. The fourth-order valence-electron chi connectivity index (χ4n) is 3.28. The largest absolute Gasteiger partial charge is 0.527 e. The minimum absolute atomic E-state index is 1.02. The van der Waals surface area contributed by atoms with E-state index in [1.165, 1.54) is 29.3 Å². The van der Waals surface area contributed by atoms with Crippen molar-refractivity contribution in [2.45, 2.75) is 52.0 Å². The Morgan fingerprint density at radius 2 is 1.32 bits per heavy atom. The molecule has 0 aliphatic heterocycles. The van der Waals surface area contributed by atoms with Gasteiger partial charge in [-0.25, -0.2) is 0 Å². The van der Waals surface area contributed by atoms with Crippen LogP contribution in [0.15, 0.2) is 35.7 Å². The summed E-state index contributed by atoms with van der Waals surface area (Å²) in [7, 11) is -1.19. The van der Waals surface area contributed by atoms with E-state index < -0.39 is 25.0 Å². The summed E-state index contributed by atoms with van der Waals surface area (Å²) in [5, 5.41) is 2.89. The molecule has 6 heteroatoms. The molecule has 0 atom stereocenters. The topological polar surface area (TPSA) is 27.7 Å². The van der Waals surface area contributed by atoms with Gasteiger partial charge < -0.3 is 13.3 Å². The van der Waals surface area contributed by atoms with Gasteiger partial charge in [-0.3, -0.25) is 0 Å². The molecule has 0 amide bonds. The molecule has 0 bridgehead atoms. The Morgan fingerprint density at radius 1 is 0.880 bits per heavy atom. The van der Waals surface area contributed by atoms with Gasteiger partial charge in [-0.15, -0.1) is 6.58 Å². The zero-order valence-electron chi connectivity index (χ0n) is 17.4. The number of benzene rings is 1. The molecule has 3 nitrogen and oxygen atoms in total. The van der Waals surface area contributed by atoms with Gasteiger partial charge in [0.05, 0.1) is 8.07 Å². The van der Waals surface area contributed by atoms with Crippen LogP contribution in [-0.2, 0) is 13.3 Å². The van der Waals surface area contributed by atoms with E-state index in [1.54, 1.807) is 21.3 Å². The lowest BCUT2D eigenvalue weighted by Gasteiger charge is -2.35. The van der Waals surface area contributed by atoms with Crippen LogP contribution in [0.1, 0.15) is 19.8 Å². The summed E-state index contributed by atoms with van der Waals surface area (Å²) in [6, 6.07) is 10.6. The third-order valence-corrected chi connectivity index (χ3v) is 17.4. The van der Waals surface area contributed by atoms with E-state index in [0.29, 0.717) is 0 Å². The summed E-state index contributed by atoms with van der Waals surface area (Å²) < 4.78 is 17.0. The fourth-order valence-corrected chi connectivity index (χ4v) is 12.9. The Balaban J connectivity index is 3.13. The Bertz CT molecular complexity index is 556. The molecule has 0 radical (unpaired) electrons. The van der Waals surface area contributed by atoms with Crippen molar-refractivity contribution in [2.75, 3.05) is 21.3 Å². The predicted molar refractivity (Wildman–Crippen MR) is 116 cm³/mol. The quantitative estimate of drug-likeness (QED) is 0.563. The Kier molecular flexibility index (Phi) is 8.04. The molecule has 0 aliphatic rings. The summed E-state index contributed by atoms with van der Waals surface area (Å²) in [5.41, 5.74) is 0. The summed E-state index contributed by atoms with van der Waals surface area (Å²) >= 11 is 0. The smallest absolute Gasteiger partial charge is 0.374 e. The van der Waals surface area contributed by atoms with Crippen molar-refractivity contribution < 1.29 is 13.3 Å². The monoisotopic (exact) mass is 396 g/mol. The first-order chi connectivity index (χ1) is 11.6. The normalized spacial score (nSPS) is 13.1. The third kappa shape index (κ3) is 4.81. The van der Waals surface area contributed by atoms with E-state index in [2.05, 4.69) is 64.0 Å². The molecular weight excluding hydrogens is 360 g/mol. The van der Waals surface area contributed by atoms with Gasteiger partial charge in [0.1, 0.15) is 8.07 Å². The van der Waals surface area contributed by atoms with Crippen LogP contribution < -0.4 is 10.4 Å². The number of rotatable bonds is 10. The van der Waals surface area contributed by atoms with Crippen molar-refractivity contribution in [3.63, 3.8) is 0 Å². The first-order valence-corrected chi connectivity index (χ1v) is 17.0. The van der Waals surface area contributed by atoms with E-state index in [0.717, 1.165) is 4.82 Å². The highest BCUT2D eigenvalue weighted by Crippen LogP contribution is 2.25. The lowest BCUT2D eigenvalue weighted by atomic mass is 10.4. The van der Waals surface area contributed by atoms with E-state index in [4.69, 9.17) is 13.3 Å². The van der Waals surface area contributed by atoms with E-state index >= 15 is 0 Å². The molecule has 0 heterocycles. The lowest BCUT2D eigenvalue weighted by molar-refractivity contribution is 0.137. The van der Waals surface area contributed by atoms with Crippen molar-refractivity contribution in [1.29, 1.82) is 0 Å². The molecular formula is C19H36O3Si3. The fraction of sp³-hybridized carbons (Fsp3) is 0.579. The number of hydrogen-bond acceptors (Lipinski definition) is 3. The minimum Gasteiger partial charge on any atom is -0.374 e. The van der Waals surface area contributed by atoms with Gasteiger partial charge in [0.15, 0.2) is 0 Å². The third-order valence-electron chi connectivity index (χ3n) is 5.47. The first-order valence-electron chi connectivity index (χ1n) is 9.07. The summed E-state index contributed by atoms with van der Waals surface area (Å²) in [6.07, 6.45) is 2.59. The Hall–Kier alpha value is -0.509. The molecule has 0 N–H and O–H groups in total. The second-order valence-corrected chi connectivity index (χ2v) is 20.6. The molecule has 25 heavy (non-hydrogen) atoms. The van der Waals surface area contributed by atoms with Gasteiger partial charge in [-0.1, -0.05) is 86.6 Å². The maximum absolute atomic E-state index is 5.66. The van der Waals surface area contributed by atoms with Gasteiger partial charge >= 0.3 is 8.80 Å². The summed E-state index contributed by atoms with van der Waals surface area (Å²) in [4.78, 5) is 1.02. The van der Waals surface area contributed by atoms with Crippen molar-refractivity contribution in [1.82, 2.24) is 0 Å². The maximum Gasteiger partial charge on any atom is 0.527 e. The van der Waals surface area contributed by atoms with Crippen LogP contribution in [0.25, 0.3) is 0 Å². The van der Waals surface area contributed by atoms with Gasteiger partial charge in [0.2, 0.25) is 0 Å². The van der Waals surface area contributed by atoms with Crippen molar-refractivity contribution in [3.8, 4) is 0 Å². The zero-order chi connectivity index (χ0) is 19.3. The van der Waals surface area contributed by atoms with Gasteiger partial charge in [0, 0.05) is 21.3 Å². The van der Waals surface area contributed by atoms with Gasteiger partial charge in [-0.05, 0) is 4.82 Å². The highest BCUT2D eigenvalue weighted by atomic mass is 28.4. The second-order valence-electron chi connectivity index (χ2n) is 7.84. The standard InChI is InChI=1S/C19H36O3Si3/c1-10-11-16-23(6,7)18-12-14-19(15-13-18)24(8,9)17(2)25(20-3,21-4)22-5/h12-15H,2,10-11,16H2,1,3-9H3. The highest BCUT2D eigenvalue weighted by molar-refractivity contribution is 7.07. The second kappa shape index (κ2) is 8.92. The molecule has 1 aromatic rings. The SMILES string of the molecule is C=C([Si](OC)(OC)OC)[Si](C)(C)c1ccc([Si](C)(C)CCCC)cc1. The van der Waals surface area contributed by atoms with E-state index in [9.17, 15) is 0 Å². The Labute approximate surface area is 157 Å². The zero-order valence-corrected chi connectivity index (χ0v) is 20.4. The first kappa shape index (κ1) is 22.5. The maximum atomic E-state index is 5.66. The van der Waals surface area contributed by atoms with E-state index in [-0.39, 0.29) is 0 Å². The molecule has 1 aromatic carbocycles. The highest BCUT2D eigenvalue weighted by Gasteiger charge is 2.49. The Morgan fingerprint density at radius 3 is 1.72 bits per heavy atom. The van der Waals surface area contributed by atoms with E-state index in [1.807, 2.05) is 0 Å². The van der Waals surface area contributed by atoms with Crippen LogP contribution in [0.4, 0.5) is 0 Å². The molecule has 0 spiro atoms. The number of hydrogen-bond donors (Lipinski definition) is 0. The van der Waals surface area contributed by atoms with Crippen LogP contribution in [-0.4, -0.2) is 46.3 Å². The lowest BCUT2D eigenvalue weighted by Crippen LogP contribution is -2.58. The van der Waals surface area contributed by atoms with Crippen LogP contribution in [0.3, 0.4) is 0 Å². The van der Waals surface area contributed by atoms with Crippen LogP contribution in [0.2, 0.25) is 32.2 Å². The van der Waals surface area contributed by atoms with Crippen molar-refractivity contribution in [2.24, 2.45) is 0 Å². The molecule has 0 unspecified atom stereocenters. The number of unbranched alkanes of at least 4 members (excludes halogenated alkanes) is 1. The van der Waals surface area contributed by atoms with Gasteiger partial charge in [0.25, 0.3) is 0 Å². The van der Waals surface area contributed by atoms with Gasteiger partial charge in [-0.2, -0.15) is 0 Å². The average molecular weight is 397 g/mol. The molecule has 0 aliphatic carbocycles. The van der Waals surface area contributed by atoms with Crippen LogP contribution in [0.5, 0.6) is 0 Å². The van der Waals surface area contributed by atoms with Crippen LogP contribution in [0, 0.1) is 0 Å². The van der Waals surface area contributed by atoms with Crippen molar-refractivity contribution >= 4 is 35.3 Å². The molecule has 142 valence electrons. The molecule has 0 saturated heterocycles. The summed E-state index contributed by atoms with van der Waals surface area (Å²) in [5.74, 6) is 0. The van der Waals surface area contributed by atoms with Crippen molar-refractivity contribution in [3.05, 3.63) is 35.7 Å². The summed E-state index contributed by atoms with van der Waals surface area (Å²) in [6.45, 7) is 16.2.